The molecule has 2 heterocycles. The highest BCUT2D eigenvalue weighted by atomic mass is 79.9. The van der Waals surface area contributed by atoms with Crippen LogP contribution in [-0.4, -0.2) is 26.4 Å². The van der Waals surface area contributed by atoms with E-state index in [0.717, 1.165) is 56.8 Å². The van der Waals surface area contributed by atoms with E-state index >= 15 is 0 Å². The molecule has 0 bridgehead atoms. The first-order valence-electron chi connectivity index (χ1n) is 12.4. The SMILES string of the molecule is N#CC1(c2cccc(Br)c2)CCOCC1.N#CC1(c2cccc(Sc3ccc(N)cc3)c2)CCOCC1. The summed E-state index contributed by atoms with van der Waals surface area (Å²) < 4.78 is 11.8. The van der Waals surface area contributed by atoms with Crippen molar-refractivity contribution in [3.05, 3.63) is 88.4 Å². The van der Waals surface area contributed by atoms with Crippen LogP contribution >= 0.6 is 27.7 Å². The van der Waals surface area contributed by atoms with Gasteiger partial charge in [-0.15, -0.1) is 0 Å². The van der Waals surface area contributed by atoms with Crippen LogP contribution in [0.3, 0.4) is 0 Å². The van der Waals surface area contributed by atoms with Crippen LogP contribution in [0.2, 0.25) is 0 Å². The molecule has 0 radical (unpaired) electrons. The molecule has 3 aromatic rings. The largest absolute Gasteiger partial charge is 0.399 e. The van der Waals surface area contributed by atoms with Crippen LogP contribution in [0.4, 0.5) is 5.69 Å². The highest BCUT2D eigenvalue weighted by Gasteiger charge is 2.35. The lowest BCUT2D eigenvalue weighted by molar-refractivity contribution is 0.0674. The topological polar surface area (TPSA) is 92.1 Å². The molecule has 7 heteroatoms. The van der Waals surface area contributed by atoms with Crippen molar-refractivity contribution in [1.29, 1.82) is 10.5 Å². The molecule has 5 nitrogen and oxygen atoms in total. The predicted molar refractivity (Wildman–Crippen MR) is 150 cm³/mol. The van der Waals surface area contributed by atoms with E-state index < -0.39 is 5.41 Å². The number of nitrogens with zero attached hydrogens (tertiary/aromatic N) is 2. The fourth-order valence-electron chi connectivity index (χ4n) is 4.69. The fourth-order valence-corrected chi connectivity index (χ4v) is 5.96. The summed E-state index contributed by atoms with van der Waals surface area (Å²) in [4.78, 5) is 2.28. The Hall–Kier alpha value is -2.81. The first-order valence-corrected chi connectivity index (χ1v) is 14.0. The van der Waals surface area contributed by atoms with E-state index in [1.54, 1.807) is 11.8 Å². The second-order valence-electron chi connectivity index (χ2n) is 9.32. The predicted octanol–water partition coefficient (Wildman–Crippen LogP) is 7.01. The van der Waals surface area contributed by atoms with Gasteiger partial charge >= 0.3 is 0 Å². The zero-order chi connectivity index (χ0) is 26.1. The molecule has 0 amide bonds. The molecule has 5 rings (SSSR count). The summed E-state index contributed by atoms with van der Waals surface area (Å²) in [5, 5.41) is 19.0. The summed E-state index contributed by atoms with van der Waals surface area (Å²) in [5.74, 6) is 0. The minimum absolute atomic E-state index is 0.345. The van der Waals surface area contributed by atoms with Gasteiger partial charge in [-0.1, -0.05) is 52.0 Å². The molecule has 0 atom stereocenters. The number of hydrogen-bond donors (Lipinski definition) is 1. The van der Waals surface area contributed by atoms with Crippen molar-refractivity contribution in [2.75, 3.05) is 32.2 Å². The second-order valence-corrected chi connectivity index (χ2v) is 11.4. The van der Waals surface area contributed by atoms with E-state index in [1.807, 2.05) is 54.6 Å². The normalized spacial score (nSPS) is 17.9. The summed E-state index contributed by atoms with van der Waals surface area (Å²) in [6.07, 6.45) is 3.11. The van der Waals surface area contributed by atoms with Gasteiger partial charge in [0.25, 0.3) is 0 Å². The van der Waals surface area contributed by atoms with Crippen molar-refractivity contribution >= 4 is 33.4 Å². The van der Waals surface area contributed by atoms with E-state index in [-0.39, 0.29) is 5.41 Å². The van der Waals surface area contributed by atoms with E-state index in [0.29, 0.717) is 26.4 Å². The molecule has 3 aromatic carbocycles. The molecule has 37 heavy (non-hydrogen) atoms. The summed E-state index contributed by atoms with van der Waals surface area (Å²) in [5.41, 5.74) is 7.93. The fraction of sp³-hybridized carbons (Fsp3) is 0.333. The molecule has 0 aliphatic carbocycles. The van der Waals surface area contributed by atoms with Crippen LogP contribution in [0.25, 0.3) is 0 Å². The third kappa shape index (κ3) is 6.74. The molecule has 2 fully saturated rings. The number of nitriles is 2. The van der Waals surface area contributed by atoms with Gasteiger partial charge in [-0.25, -0.2) is 0 Å². The number of rotatable bonds is 4. The van der Waals surface area contributed by atoms with E-state index in [2.05, 4.69) is 46.3 Å². The molecule has 2 aliphatic heterocycles. The average Bonchev–Trinajstić information content (AvgIpc) is 2.95. The Balaban J connectivity index is 0.000000186. The minimum Gasteiger partial charge on any atom is -0.399 e. The van der Waals surface area contributed by atoms with E-state index in [4.69, 9.17) is 15.2 Å². The van der Waals surface area contributed by atoms with Gasteiger partial charge in [0.05, 0.1) is 23.0 Å². The van der Waals surface area contributed by atoms with Gasteiger partial charge in [0.15, 0.2) is 0 Å². The lowest BCUT2D eigenvalue weighted by atomic mass is 9.75. The Labute approximate surface area is 231 Å². The number of benzene rings is 3. The monoisotopic (exact) mass is 575 g/mol. The molecule has 0 unspecified atom stereocenters. The molecule has 2 aliphatic rings. The van der Waals surface area contributed by atoms with Crippen molar-refractivity contribution in [3.63, 3.8) is 0 Å². The molecular weight excluding hydrogens is 546 g/mol. The highest BCUT2D eigenvalue weighted by Crippen LogP contribution is 2.37. The van der Waals surface area contributed by atoms with Crippen LogP contribution < -0.4 is 5.73 Å². The first-order chi connectivity index (χ1) is 18.0. The summed E-state index contributed by atoms with van der Waals surface area (Å²) in [7, 11) is 0. The molecule has 0 saturated carbocycles. The number of ether oxygens (including phenoxy) is 2. The van der Waals surface area contributed by atoms with Gasteiger partial charge in [-0.2, -0.15) is 10.5 Å². The second kappa shape index (κ2) is 12.6. The standard InChI is InChI=1S/C18H18N2OS.C12H12BrNO/c19-13-18(8-10-21-11-9-18)14-2-1-3-17(12-14)22-16-6-4-15(20)5-7-16;13-11-3-1-2-10(8-11)12(9-14)4-6-15-7-5-12/h1-7,12H,8-11,20H2;1-3,8H,4-7H2. The first kappa shape index (κ1) is 27.2. The van der Waals surface area contributed by atoms with Gasteiger partial charge in [0, 0.05) is 46.4 Å². The van der Waals surface area contributed by atoms with Crippen molar-refractivity contribution in [2.24, 2.45) is 0 Å². The summed E-state index contributed by atoms with van der Waals surface area (Å²) in [6.45, 7) is 2.67. The number of nitrogens with two attached hydrogens (primary N) is 1. The zero-order valence-electron chi connectivity index (χ0n) is 20.7. The molecule has 2 saturated heterocycles. The highest BCUT2D eigenvalue weighted by molar-refractivity contribution is 9.10. The lowest BCUT2D eigenvalue weighted by Crippen LogP contribution is -2.32. The molecule has 0 aromatic heterocycles. The molecule has 0 spiro atoms. The summed E-state index contributed by atoms with van der Waals surface area (Å²) in [6, 6.07) is 29.1. The van der Waals surface area contributed by atoms with Crippen LogP contribution in [0.15, 0.2) is 87.1 Å². The van der Waals surface area contributed by atoms with Crippen molar-refractivity contribution in [1.82, 2.24) is 0 Å². The van der Waals surface area contributed by atoms with Crippen LogP contribution in [0, 0.1) is 22.7 Å². The maximum Gasteiger partial charge on any atom is 0.0866 e. The van der Waals surface area contributed by atoms with Gasteiger partial charge in [0.2, 0.25) is 0 Å². The van der Waals surface area contributed by atoms with E-state index in [9.17, 15) is 10.5 Å². The number of nitrogen functional groups attached to an aromatic ring is 1. The smallest absolute Gasteiger partial charge is 0.0866 e. The van der Waals surface area contributed by atoms with Crippen LogP contribution in [0.1, 0.15) is 36.8 Å². The molecule has 2 N–H and O–H groups in total. The Morgan fingerprint density at radius 1 is 0.703 bits per heavy atom. The Bertz CT molecular complexity index is 1270. The van der Waals surface area contributed by atoms with Crippen LogP contribution in [-0.2, 0) is 20.3 Å². The van der Waals surface area contributed by atoms with Crippen molar-refractivity contribution in [3.8, 4) is 12.1 Å². The third-order valence-electron chi connectivity index (χ3n) is 7.00. The maximum atomic E-state index is 9.68. The number of halogens is 1. The van der Waals surface area contributed by atoms with Gasteiger partial charge in [-0.3, -0.25) is 0 Å². The average molecular weight is 577 g/mol. The molecular formula is C30H30BrN3O2S. The molecule has 190 valence electrons. The Morgan fingerprint density at radius 2 is 1.22 bits per heavy atom. The Kier molecular flexibility index (Phi) is 9.29. The van der Waals surface area contributed by atoms with Gasteiger partial charge < -0.3 is 15.2 Å². The maximum absolute atomic E-state index is 9.68. The zero-order valence-corrected chi connectivity index (χ0v) is 23.1. The van der Waals surface area contributed by atoms with Crippen LogP contribution in [0.5, 0.6) is 0 Å². The van der Waals surface area contributed by atoms with Crippen molar-refractivity contribution in [2.45, 2.75) is 46.3 Å². The third-order valence-corrected chi connectivity index (χ3v) is 8.49. The number of hydrogen-bond acceptors (Lipinski definition) is 6. The Morgan fingerprint density at radius 3 is 1.73 bits per heavy atom. The van der Waals surface area contributed by atoms with Gasteiger partial charge in [0.1, 0.15) is 0 Å². The minimum atomic E-state index is -0.407. The quantitative estimate of drug-likeness (QED) is 0.336. The lowest BCUT2D eigenvalue weighted by Gasteiger charge is -2.31. The van der Waals surface area contributed by atoms with Crippen molar-refractivity contribution < 1.29 is 9.47 Å². The van der Waals surface area contributed by atoms with E-state index in [1.165, 1.54) is 0 Å². The summed E-state index contributed by atoms with van der Waals surface area (Å²) >= 11 is 5.13. The van der Waals surface area contributed by atoms with Gasteiger partial charge in [-0.05, 0) is 85.3 Å². The number of anilines is 1.